The van der Waals surface area contributed by atoms with Crippen LogP contribution in [0.15, 0.2) is 200 Å². The van der Waals surface area contributed by atoms with Crippen LogP contribution in [0.4, 0.5) is 0 Å². The first kappa shape index (κ1) is 34.7. The minimum Gasteiger partial charge on any atom is -0.309 e. The van der Waals surface area contributed by atoms with Gasteiger partial charge in [0.15, 0.2) is 5.82 Å². The van der Waals surface area contributed by atoms with Crippen LogP contribution >= 0.6 is 0 Å². The first-order chi connectivity index (χ1) is 29.2. The van der Waals surface area contributed by atoms with E-state index in [4.69, 9.17) is 9.97 Å². The maximum atomic E-state index is 5.36. The van der Waals surface area contributed by atoms with Gasteiger partial charge in [0.1, 0.15) is 0 Å². The van der Waals surface area contributed by atoms with E-state index in [1.807, 2.05) is 6.07 Å². The van der Waals surface area contributed by atoms with Gasteiger partial charge in [-0.05, 0) is 71.6 Å². The Morgan fingerprint density at radius 1 is 0.356 bits per heavy atom. The van der Waals surface area contributed by atoms with Crippen LogP contribution in [0.25, 0.3) is 100 Å². The van der Waals surface area contributed by atoms with Gasteiger partial charge in [0, 0.05) is 49.6 Å². The molecule has 11 rings (SSSR count). The predicted octanol–water partition coefficient (Wildman–Crippen LogP) is 14.3. The van der Waals surface area contributed by atoms with Crippen molar-refractivity contribution in [1.82, 2.24) is 19.1 Å². The van der Waals surface area contributed by atoms with Gasteiger partial charge in [0.2, 0.25) is 0 Å². The summed E-state index contributed by atoms with van der Waals surface area (Å²) in [5.41, 5.74) is 15.3. The Balaban J connectivity index is 1.15. The number of benzene rings is 8. The van der Waals surface area contributed by atoms with Gasteiger partial charge in [0.25, 0.3) is 0 Å². The number of rotatable bonds is 8. The van der Waals surface area contributed by atoms with Crippen LogP contribution in [0, 0.1) is 0 Å². The van der Waals surface area contributed by atoms with Crippen LogP contribution in [0.1, 0.15) is 18.9 Å². The lowest BCUT2D eigenvalue weighted by molar-refractivity contribution is 0.922. The van der Waals surface area contributed by atoms with Crippen molar-refractivity contribution in [3.63, 3.8) is 0 Å². The maximum Gasteiger partial charge on any atom is 0.160 e. The molecule has 3 heterocycles. The molecule has 0 unspecified atom stereocenters. The Kier molecular flexibility index (Phi) is 8.48. The van der Waals surface area contributed by atoms with Gasteiger partial charge in [-0.2, -0.15) is 0 Å². The number of hydrogen-bond acceptors (Lipinski definition) is 2. The highest BCUT2D eigenvalue weighted by molar-refractivity contribution is 6.10. The fourth-order valence-electron chi connectivity index (χ4n) is 8.89. The highest BCUT2D eigenvalue weighted by Gasteiger charge is 2.19. The molecule has 11 aromatic rings. The zero-order chi connectivity index (χ0) is 39.3. The van der Waals surface area contributed by atoms with Crippen molar-refractivity contribution in [3.8, 4) is 56.4 Å². The third-order valence-electron chi connectivity index (χ3n) is 11.6. The second-order valence-electron chi connectivity index (χ2n) is 15.3. The fourth-order valence-corrected chi connectivity index (χ4v) is 8.89. The molecule has 0 saturated heterocycles. The summed E-state index contributed by atoms with van der Waals surface area (Å²) in [6.45, 7) is 2.23. The molecule has 0 radical (unpaired) electrons. The summed E-state index contributed by atoms with van der Waals surface area (Å²) in [4.78, 5) is 10.6. The zero-order valence-electron chi connectivity index (χ0n) is 32.8. The smallest absolute Gasteiger partial charge is 0.160 e. The molecule has 4 heteroatoms. The summed E-state index contributed by atoms with van der Waals surface area (Å²) in [5, 5.41) is 4.90. The largest absolute Gasteiger partial charge is 0.309 e. The molecule has 3 aromatic heterocycles. The molecule has 0 amide bonds. The quantitative estimate of drug-likeness (QED) is 0.155. The second-order valence-corrected chi connectivity index (χ2v) is 15.3. The van der Waals surface area contributed by atoms with Gasteiger partial charge in [-0.1, -0.05) is 165 Å². The zero-order valence-corrected chi connectivity index (χ0v) is 32.8. The molecule has 0 saturated carbocycles. The Hall–Kier alpha value is -7.56. The highest BCUT2D eigenvalue weighted by Crippen LogP contribution is 2.38. The molecule has 8 aromatic carbocycles. The molecule has 0 N–H and O–H groups in total. The van der Waals surface area contributed by atoms with Gasteiger partial charge in [-0.3, -0.25) is 0 Å². The van der Waals surface area contributed by atoms with Gasteiger partial charge >= 0.3 is 0 Å². The van der Waals surface area contributed by atoms with Crippen molar-refractivity contribution < 1.29 is 0 Å². The molecule has 0 fully saturated rings. The number of fused-ring (bicyclic) bond motifs is 6. The van der Waals surface area contributed by atoms with Crippen LogP contribution in [0.3, 0.4) is 0 Å². The van der Waals surface area contributed by atoms with E-state index in [1.165, 1.54) is 38.2 Å². The number of hydrogen-bond donors (Lipinski definition) is 0. The lowest BCUT2D eigenvalue weighted by atomic mass is 9.99. The molecule has 4 nitrogen and oxygen atoms in total. The highest BCUT2D eigenvalue weighted by atomic mass is 15.0. The van der Waals surface area contributed by atoms with Crippen LogP contribution in [0.5, 0.6) is 0 Å². The SMILES string of the molecule is CCCc1cccc(-c2ccc(-c3cc(-c4cc(-n5c6ccccc6c6ccccc65)cc(-n5c6ccccc6c6ccccc65)c4)nc(-c4ccccc4)n3)cc2)c1. The lowest BCUT2D eigenvalue weighted by Gasteiger charge is -2.16. The van der Waals surface area contributed by atoms with Crippen molar-refractivity contribution in [2.24, 2.45) is 0 Å². The first-order valence-corrected chi connectivity index (χ1v) is 20.5. The molecule has 59 heavy (non-hydrogen) atoms. The summed E-state index contributed by atoms with van der Waals surface area (Å²) in [5.74, 6) is 0.690. The number of aromatic nitrogens is 4. The number of para-hydroxylation sites is 4. The van der Waals surface area contributed by atoms with E-state index >= 15 is 0 Å². The summed E-state index contributed by atoms with van der Waals surface area (Å²) < 4.78 is 4.81. The Bertz CT molecular complexity index is 3100. The minimum atomic E-state index is 0.690. The van der Waals surface area contributed by atoms with Crippen molar-refractivity contribution >= 4 is 43.6 Å². The molecular weight excluding hydrogens is 717 g/mol. The van der Waals surface area contributed by atoms with Gasteiger partial charge < -0.3 is 9.13 Å². The normalized spacial score (nSPS) is 11.6. The fraction of sp³-hybridized carbons (Fsp3) is 0.0545. The third-order valence-corrected chi connectivity index (χ3v) is 11.6. The molecule has 0 aliphatic rings. The van der Waals surface area contributed by atoms with E-state index in [-0.39, 0.29) is 0 Å². The molecule has 0 bridgehead atoms. The molecule has 280 valence electrons. The lowest BCUT2D eigenvalue weighted by Crippen LogP contribution is -2.01. The topological polar surface area (TPSA) is 35.6 Å². The van der Waals surface area contributed by atoms with Crippen molar-refractivity contribution in [3.05, 3.63) is 206 Å². The molecule has 0 aliphatic carbocycles. The second kappa shape index (κ2) is 14.4. The van der Waals surface area contributed by atoms with Gasteiger partial charge in [-0.25, -0.2) is 9.97 Å². The standard InChI is InChI=1S/C55H40N4/c1-2-15-37-16-14-19-41(32-37)38-28-30-39(31-29-38)49-36-50(57-55(56-49)40-17-4-3-5-18-40)42-33-43(58-51-24-10-6-20-45(51)46-21-7-11-25-52(46)58)35-44(34-42)59-53-26-12-8-22-47(53)48-23-9-13-27-54(48)59/h3-14,16-36H,2,15H2,1H3. The minimum absolute atomic E-state index is 0.690. The Morgan fingerprint density at radius 2 is 0.814 bits per heavy atom. The Labute approximate surface area is 343 Å². The maximum absolute atomic E-state index is 5.36. The molecule has 0 aliphatic heterocycles. The van der Waals surface area contributed by atoms with Crippen molar-refractivity contribution in [2.75, 3.05) is 0 Å². The average molecular weight is 757 g/mol. The van der Waals surface area contributed by atoms with Crippen LogP contribution in [-0.2, 0) is 6.42 Å². The Morgan fingerprint density at radius 3 is 1.34 bits per heavy atom. The van der Waals surface area contributed by atoms with Crippen LogP contribution in [0.2, 0.25) is 0 Å². The number of nitrogens with zero attached hydrogens (tertiary/aromatic N) is 4. The first-order valence-electron chi connectivity index (χ1n) is 20.5. The monoisotopic (exact) mass is 756 g/mol. The van der Waals surface area contributed by atoms with E-state index in [1.54, 1.807) is 0 Å². The predicted molar refractivity (Wildman–Crippen MR) is 246 cm³/mol. The summed E-state index contributed by atoms with van der Waals surface area (Å²) in [7, 11) is 0. The van der Waals surface area contributed by atoms with Gasteiger partial charge in [-0.15, -0.1) is 0 Å². The van der Waals surface area contributed by atoms with Gasteiger partial charge in [0.05, 0.1) is 33.5 Å². The van der Waals surface area contributed by atoms with E-state index in [0.29, 0.717) is 5.82 Å². The van der Waals surface area contributed by atoms with E-state index in [0.717, 1.165) is 74.4 Å². The van der Waals surface area contributed by atoms with E-state index in [9.17, 15) is 0 Å². The molecule has 0 spiro atoms. The molecule has 0 atom stereocenters. The van der Waals surface area contributed by atoms with Crippen LogP contribution < -0.4 is 0 Å². The van der Waals surface area contributed by atoms with Crippen molar-refractivity contribution in [2.45, 2.75) is 19.8 Å². The third kappa shape index (κ3) is 6.09. The average Bonchev–Trinajstić information content (AvgIpc) is 3.82. The molecular formula is C55H40N4. The van der Waals surface area contributed by atoms with E-state index in [2.05, 4.69) is 210 Å². The summed E-state index contributed by atoms with van der Waals surface area (Å²) in [6, 6.07) is 71.9. The summed E-state index contributed by atoms with van der Waals surface area (Å²) >= 11 is 0. The summed E-state index contributed by atoms with van der Waals surface area (Å²) in [6.07, 6.45) is 2.21. The number of aryl methyl sites for hydroxylation is 1. The van der Waals surface area contributed by atoms with Crippen LogP contribution in [-0.4, -0.2) is 19.1 Å². The van der Waals surface area contributed by atoms with Crippen molar-refractivity contribution in [1.29, 1.82) is 0 Å². The van der Waals surface area contributed by atoms with E-state index < -0.39 is 0 Å².